The molecule has 13 heavy (non-hydrogen) atoms. The maximum Gasteiger partial charge on any atom is 0.224 e. The summed E-state index contributed by atoms with van der Waals surface area (Å²) in [5.74, 6) is -0.485. The minimum absolute atomic E-state index is 0.216. The van der Waals surface area contributed by atoms with Crippen molar-refractivity contribution >= 4 is 16.8 Å². The third-order valence-corrected chi connectivity index (χ3v) is 2.22. The predicted molar refractivity (Wildman–Crippen MR) is 50.1 cm³/mol. The van der Waals surface area contributed by atoms with Crippen LogP contribution in [0.5, 0.6) is 0 Å². The fourth-order valence-corrected chi connectivity index (χ4v) is 1.13. The zero-order chi connectivity index (χ0) is 9.84. The molecule has 3 heteroatoms. The van der Waals surface area contributed by atoms with E-state index in [-0.39, 0.29) is 17.0 Å². The third kappa shape index (κ3) is 3.15. The molecule has 0 amide bonds. The van der Waals surface area contributed by atoms with Crippen molar-refractivity contribution in [2.24, 2.45) is 5.92 Å². The second kappa shape index (κ2) is 4.38. The minimum atomic E-state index is -0.357. The Balaban J connectivity index is 2.64. The molecule has 0 aromatic heterocycles. The topological polar surface area (TPSA) is 17.1 Å². The largest absolute Gasteiger partial charge is 0.281 e. The number of halogens is 2. The second-order valence-corrected chi connectivity index (χ2v) is 3.41. The Hall–Kier alpha value is -0.890. The maximum absolute atomic E-state index is 12.5. The lowest BCUT2D eigenvalue weighted by atomic mass is 10.0. The molecule has 0 heterocycles. The highest BCUT2D eigenvalue weighted by Crippen LogP contribution is 2.11. The van der Waals surface area contributed by atoms with E-state index in [0.29, 0.717) is 6.42 Å². The summed E-state index contributed by atoms with van der Waals surface area (Å²) in [5, 5.41) is -0.357. The van der Waals surface area contributed by atoms with Crippen LogP contribution in [0.1, 0.15) is 12.5 Å². The van der Waals surface area contributed by atoms with Crippen molar-refractivity contribution < 1.29 is 9.18 Å². The minimum Gasteiger partial charge on any atom is -0.281 e. The molecule has 1 aromatic rings. The molecule has 1 rings (SSSR count). The van der Waals surface area contributed by atoms with Gasteiger partial charge in [-0.2, -0.15) is 0 Å². The molecule has 0 N–H and O–H groups in total. The van der Waals surface area contributed by atoms with Gasteiger partial charge in [-0.25, -0.2) is 4.39 Å². The number of carbonyl (C=O) groups excluding carboxylic acids is 1. The molecule has 0 aliphatic heterocycles. The molecule has 70 valence electrons. The number of hydrogen-bond acceptors (Lipinski definition) is 1. The van der Waals surface area contributed by atoms with Crippen molar-refractivity contribution in [3.05, 3.63) is 35.6 Å². The Labute approximate surface area is 81.5 Å². The molecule has 0 saturated carbocycles. The lowest BCUT2D eigenvalue weighted by molar-refractivity contribution is -0.114. The van der Waals surface area contributed by atoms with Gasteiger partial charge in [0.25, 0.3) is 0 Å². The summed E-state index contributed by atoms with van der Waals surface area (Å²) in [6.45, 7) is 1.75. The lowest BCUT2D eigenvalue weighted by Gasteiger charge is -2.05. The van der Waals surface area contributed by atoms with Gasteiger partial charge in [0, 0.05) is 5.92 Å². The standard InChI is InChI=1S/C10H10ClFO/c1-7(10(11)13)6-8-2-4-9(12)5-3-8/h2-5,7H,6H2,1H3. The fraction of sp³-hybridized carbons (Fsp3) is 0.300. The van der Waals surface area contributed by atoms with Gasteiger partial charge in [0.2, 0.25) is 5.24 Å². The highest BCUT2D eigenvalue weighted by molar-refractivity contribution is 6.63. The molecular formula is C10H10ClFO. The van der Waals surface area contributed by atoms with Gasteiger partial charge in [-0.3, -0.25) is 4.79 Å². The van der Waals surface area contributed by atoms with Crippen LogP contribution in [0, 0.1) is 11.7 Å². The average molecular weight is 201 g/mol. The molecule has 1 unspecified atom stereocenters. The van der Waals surface area contributed by atoms with Crippen LogP contribution >= 0.6 is 11.6 Å². The monoisotopic (exact) mass is 200 g/mol. The summed E-state index contributed by atoms with van der Waals surface area (Å²) in [6, 6.07) is 6.07. The smallest absolute Gasteiger partial charge is 0.224 e. The van der Waals surface area contributed by atoms with Gasteiger partial charge in [-0.05, 0) is 35.7 Å². The van der Waals surface area contributed by atoms with Crippen molar-refractivity contribution in [2.75, 3.05) is 0 Å². The van der Waals surface area contributed by atoms with Crippen LogP contribution in [0.4, 0.5) is 4.39 Å². The summed E-state index contributed by atoms with van der Waals surface area (Å²) in [6.07, 6.45) is 0.558. The van der Waals surface area contributed by atoms with Crippen LogP contribution in [-0.4, -0.2) is 5.24 Å². The quantitative estimate of drug-likeness (QED) is 0.686. The fourth-order valence-electron chi connectivity index (χ4n) is 1.05. The van der Waals surface area contributed by atoms with Gasteiger partial charge >= 0.3 is 0 Å². The Morgan fingerprint density at radius 2 is 2.00 bits per heavy atom. The first-order valence-corrected chi connectivity index (χ1v) is 4.41. The molecule has 0 fully saturated rings. The van der Waals surface area contributed by atoms with Crippen molar-refractivity contribution in [2.45, 2.75) is 13.3 Å². The van der Waals surface area contributed by atoms with Crippen LogP contribution in [0.3, 0.4) is 0 Å². The molecule has 0 radical (unpaired) electrons. The van der Waals surface area contributed by atoms with E-state index in [2.05, 4.69) is 0 Å². The van der Waals surface area contributed by atoms with E-state index in [1.54, 1.807) is 19.1 Å². The van der Waals surface area contributed by atoms with Crippen LogP contribution in [0.15, 0.2) is 24.3 Å². The van der Waals surface area contributed by atoms with Gasteiger partial charge in [0.15, 0.2) is 0 Å². The number of rotatable bonds is 3. The van der Waals surface area contributed by atoms with Gasteiger partial charge in [-0.15, -0.1) is 0 Å². The summed E-state index contributed by atoms with van der Waals surface area (Å²) >= 11 is 5.30. The van der Waals surface area contributed by atoms with Crippen molar-refractivity contribution in [3.8, 4) is 0 Å². The molecule has 0 aliphatic carbocycles. The van der Waals surface area contributed by atoms with Crippen LogP contribution in [-0.2, 0) is 11.2 Å². The third-order valence-electron chi connectivity index (χ3n) is 1.84. The highest BCUT2D eigenvalue weighted by atomic mass is 35.5. The van der Waals surface area contributed by atoms with E-state index in [1.807, 2.05) is 0 Å². The SMILES string of the molecule is CC(Cc1ccc(F)cc1)C(=O)Cl. The lowest BCUT2D eigenvalue weighted by Crippen LogP contribution is -2.07. The summed E-state index contributed by atoms with van der Waals surface area (Å²) in [7, 11) is 0. The van der Waals surface area contributed by atoms with Gasteiger partial charge in [-0.1, -0.05) is 19.1 Å². The van der Waals surface area contributed by atoms with Crippen LogP contribution in [0.25, 0.3) is 0 Å². The molecule has 1 aromatic carbocycles. The van der Waals surface area contributed by atoms with E-state index >= 15 is 0 Å². The Morgan fingerprint density at radius 3 is 2.46 bits per heavy atom. The highest BCUT2D eigenvalue weighted by Gasteiger charge is 2.10. The molecule has 1 atom stereocenters. The van der Waals surface area contributed by atoms with Crippen molar-refractivity contribution in [3.63, 3.8) is 0 Å². The van der Waals surface area contributed by atoms with Crippen molar-refractivity contribution in [1.82, 2.24) is 0 Å². The average Bonchev–Trinajstić information content (AvgIpc) is 2.08. The Morgan fingerprint density at radius 1 is 1.46 bits per heavy atom. The maximum atomic E-state index is 12.5. The first-order chi connectivity index (χ1) is 6.09. The normalized spacial score (nSPS) is 12.5. The molecule has 0 spiro atoms. The molecule has 0 saturated heterocycles. The van der Waals surface area contributed by atoms with Gasteiger partial charge in [0.05, 0.1) is 0 Å². The number of carbonyl (C=O) groups is 1. The van der Waals surface area contributed by atoms with E-state index in [0.717, 1.165) is 5.56 Å². The molecular weight excluding hydrogens is 191 g/mol. The zero-order valence-corrected chi connectivity index (χ0v) is 8.01. The Kier molecular flexibility index (Phi) is 3.43. The summed E-state index contributed by atoms with van der Waals surface area (Å²) in [5.41, 5.74) is 0.919. The second-order valence-electron chi connectivity index (χ2n) is 3.04. The van der Waals surface area contributed by atoms with E-state index < -0.39 is 0 Å². The van der Waals surface area contributed by atoms with E-state index in [9.17, 15) is 9.18 Å². The summed E-state index contributed by atoms with van der Waals surface area (Å²) in [4.78, 5) is 10.7. The van der Waals surface area contributed by atoms with Crippen LogP contribution in [0.2, 0.25) is 0 Å². The first-order valence-electron chi connectivity index (χ1n) is 4.03. The van der Waals surface area contributed by atoms with E-state index in [1.165, 1.54) is 12.1 Å². The molecule has 1 nitrogen and oxygen atoms in total. The number of benzene rings is 1. The van der Waals surface area contributed by atoms with Crippen molar-refractivity contribution in [1.29, 1.82) is 0 Å². The predicted octanol–water partition coefficient (Wildman–Crippen LogP) is 2.77. The first kappa shape index (κ1) is 10.2. The molecule has 0 aliphatic rings. The summed E-state index contributed by atoms with van der Waals surface area (Å²) < 4.78 is 12.5. The Bertz CT molecular complexity index is 294. The zero-order valence-electron chi connectivity index (χ0n) is 7.26. The molecule has 0 bridgehead atoms. The van der Waals surface area contributed by atoms with Crippen LogP contribution < -0.4 is 0 Å². The number of hydrogen-bond donors (Lipinski definition) is 0. The van der Waals surface area contributed by atoms with Gasteiger partial charge < -0.3 is 0 Å². The van der Waals surface area contributed by atoms with Gasteiger partial charge in [0.1, 0.15) is 5.82 Å². The van der Waals surface area contributed by atoms with E-state index in [4.69, 9.17) is 11.6 Å².